The maximum Gasteiger partial charge on any atom is 0.261 e. The first kappa shape index (κ1) is 15.3. The first-order valence-corrected chi connectivity index (χ1v) is 8.61. The van der Waals surface area contributed by atoms with Crippen molar-refractivity contribution in [3.8, 4) is 5.75 Å². The number of anilines is 1. The summed E-state index contributed by atoms with van der Waals surface area (Å²) in [6.07, 6.45) is 0. The second-order valence-electron chi connectivity index (χ2n) is 3.91. The molecule has 0 aromatic heterocycles. The Morgan fingerprint density at radius 2 is 1.70 bits per heavy atom. The van der Waals surface area contributed by atoms with Gasteiger partial charge in [0, 0.05) is 10.5 Å². The zero-order valence-corrected chi connectivity index (χ0v) is 14.4. The molecule has 0 aliphatic heterocycles. The van der Waals surface area contributed by atoms with Crippen LogP contribution in [-0.4, -0.2) is 15.5 Å². The van der Waals surface area contributed by atoms with Crippen LogP contribution in [0.25, 0.3) is 0 Å². The molecule has 0 radical (unpaired) electrons. The molecule has 0 spiro atoms. The molecule has 0 saturated heterocycles. The molecule has 0 heterocycles. The summed E-state index contributed by atoms with van der Waals surface area (Å²) in [5.41, 5.74) is 0.438. The normalized spacial score (nSPS) is 11.2. The summed E-state index contributed by atoms with van der Waals surface area (Å²) in [6, 6.07) is 11.4. The van der Waals surface area contributed by atoms with E-state index in [2.05, 4.69) is 36.6 Å². The van der Waals surface area contributed by atoms with Crippen molar-refractivity contribution in [2.75, 3.05) is 11.8 Å². The predicted molar refractivity (Wildman–Crippen MR) is 85.6 cm³/mol. The van der Waals surface area contributed by atoms with Crippen LogP contribution in [0.4, 0.5) is 5.69 Å². The second-order valence-corrected chi connectivity index (χ2v) is 7.36. The fourth-order valence-electron chi connectivity index (χ4n) is 1.55. The number of nitrogens with one attached hydrogen (secondary N) is 1. The van der Waals surface area contributed by atoms with Crippen LogP contribution in [0.15, 0.2) is 56.3 Å². The van der Waals surface area contributed by atoms with Gasteiger partial charge in [-0.1, -0.05) is 15.9 Å². The highest BCUT2D eigenvalue weighted by Gasteiger charge is 2.14. The third kappa shape index (κ3) is 3.53. The summed E-state index contributed by atoms with van der Waals surface area (Å²) < 4.78 is 33.7. The molecule has 20 heavy (non-hydrogen) atoms. The Kier molecular flexibility index (Phi) is 4.72. The van der Waals surface area contributed by atoms with Crippen LogP contribution in [0.5, 0.6) is 5.75 Å². The molecule has 0 fully saturated rings. The number of benzene rings is 2. The Hall–Kier alpha value is -1.05. The number of rotatable bonds is 4. The van der Waals surface area contributed by atoms with Crippen LogP contribution < -0.4 is 9.46 Å². The molecule has 106 valence electrons. The zero-order valence-electron chi connectivity index (χ0n) is 10.4. The first-order chi connectivity index (χ1) is 9.42. The lowest BCUT2D eigenvalue weighted by Crippen LogP contribution is -2.12. The largest absolute Gasteiger partial charge is 0.495 e. The number of hydrogen-bond donors (Lipinski definition) is 1. The number of hydrogen-bond acceptors (Lipinski definition) is 3. The maximum absolute atomic E-state index is 12.2. The lowest BCUT2D eigenvalue weighted by Gasteiger charge is -2.10. The highest BCUT2D eigenvalue weighted by atomic mass is 79.9. The lowest BCUT2D eigenvalue weighted by atomic mass is 10.3. The van der Waals surface area contributed by atoms with Crippen LogP contribution >= 0.6 is 31.9 Å². The summed E-state index contributed by atoms with van der Waals surface area (Å²) >= 11 is 6.58. The molecule has 0 bridgehead atoms. The van der Waals surface area contributed by atoms with Gasteiger partial charge in [-0.3, -0.25) is 4.72 Å². The predicted octanol–water partition coefficient (Wildman–Crippen LogP) is 4.02. The van der Waals surface area contributed by atoms with Gasteiger partial charge in [0.15, 0.2) is 0 Å². The lowest BCUT2D eigenvalue weighted by molar-refractivity contribution is 0.412. The molecule has 4 nitrogen and oxygen atoms in total. The van der Waals surface area contributed by atoms with Crippen LogP contribution in [0.1, 0.15) is 0 Å². The minimum Gasteiger partial charge on any atom is -0.495 e. The Labute approximate surface area is 134 Å². The molecule has 0 unspecified atom stereocenters. The van der Waals surface area contributed by atoms with Gasteiger partial charge in [0.1, 0.15) is 5.75 Å². The van der Waals surface area contributed by atoms with Crippen molar-refractivity contribution in [2.45, 2.75) is 4.90 Å². The van der Waals surface area contributed by atoms with E-state index in [0.29, 0.717) is 11.4 Å². The van der Waals surface area contributed by atoms with Gasteiger partial charge in [0.2, 0.25) is 0 Å². The van der Waals surface area contributed by atoms with Gasteiger partial charge in [0.25, 0.3) is 10.0 Å². The summed E-state index contributed by atoms with van der Waals surface area (Å²) in [7, 11) is -2.09. The van der Waals surface area contributed by atoms with Crippen molar-refractivity contribution < 1.29 is 13.2 Å². The van der Waals surface area contributed by atoms with Crippen molar-refractivity contribution in [1.29, 1.82) is 0 Å². The molecule has 0 amide bonds. The fraction of sp³-hybridized carbons (Fsp3) is 0.0769. The topological polar surface area (TPSA) is 55.4 Å². The molecule has 0 atom stereocenters. The smallest absolute Gasteiger partial charge is 0.261 e. The average molecular weight is 421 g/mol. The summed E-state index contributed by atoms with van der Waals surface area (Å²) in [5, 5.41) is 0. The van der Waals surface area contributed by atoms with E-state index in [9.17, 15) is 8.42 Å². The molecule has 1 N–H and O–H groups in total. The Bertz CT molecular complexity index is 715. The molecular formula is C13H11Br2NO3S. The average Bonchev–Trinajstić information content (AvgIpc) is 2.41. The van der Waals surface area contributed by atoms with Gasteiger partial charge in [-0.15, -0.1) is 0 Å². The van der Waals surface area contributed by atoms with Gasteiger partial charge < -0.3 is 4.74 Å². The Balaban J connectivity index is 2.30. The van der Waals surface area contributed by atoms with E-state index in [1.54, 1.807) is 30.3 Å². The van der Waals surface area contributed by atoms with E-state index in [-0.39, 0.29) is 4.90 Å². The fourth-order valence-corrected chi connectivity index (χ4v) is 3.27. The van der Waals surface area contributed by atoms with Crippen molar-refractivity contribution >= 4 is 47.6 Å². The molecule has 2 rings (SSSR count). The van der Waals surface area contributed by atoms with Crippen LogP contribution in [0, 0.1) is 0 Å². The van der Waals surface area contributed by atoms with Gasteiger partial charge >= 0.3 is 0 Å². The molecule has 2 aromatic carbocycles. The minimum absolute atomic E-state index is 0.197. The standard InChI is InChI=1S/C13H11Br2NO3S/c1-19-13-8-10(4-7-12(13)15)16-20(17,18)11-5-2-9(14)3-6-11/h2-8,16H,1H3. The minimum atomic E-state index is -3.61. The monoisotopic (exact) mass is 419 g/mol. The van der Waals surface area contributed by atoms with E-state index in [1.807, 2.05) is 0 Å². The third-order valence-corrected chi connectivity index (χ3v) is 5.11. The van der Waals surface area contributed by atoms with Crippen LogP contribution in [-0.2, 0) is 10.0 Å². The third-order valence-electron chi connectivity index (χ3n) is 2.53. The van der Waals surface area contributed by atoms with Crippen molar-refractivity contribution in [2.24, 2.45) is 0 Å². The number of methoxy groups -OCH3 is 1. The summed E-state index contributed by atoms with van der Waals surface area (Å²) in [5.74, 6) is 0.556. The number of ether oxygens (including phenoxy) is 1. The zero-order chi connectivity index (χ0) is 14.8. The first-order valence-electron chi connectivity index (χ1n) is 5.54. The summed E-state index contributed by atoms with van der Waals surface area (Å²) in [4.78, 5) is 0.197. The van der Waals surface area contributed by atoms with Crippen molar-refractivity contribution in [3.63, 3.8) is 0 Å². The second kappa shape index (κ2) is 6.15. The van der Waals surface area contributed by atoms with E-state index in [0.717, 1.165) is 8.95 Å². The SMILES string of the molecule is COc1cc(NS(=O)(=O)c2ccc(Br)cc2)ccc1Br. The highest BCUT2D eigenvalue weighted by molar-refractivity contribution is 9.10. The van der Waals surface area contributed by atoms with E-state index < -0.39 is 10.0 Å². The highest BCUT2D eigenvalue weighted by Crippen LogP contribution is 2.29. The van der Waals surface area contributed by atoms with Gasteiger partial charge in [-0.2, -0.15) is 0 Å². The van der Waals surface area contributed by atoms with E-state index in [1.165, 1.54) is 19.2 Å². The quantitative estimate of drug-likeness (QED) is 0.812. The van der Waals surface area contributed by atoms with Crippen molar-refractivity contribution in [1.82, 2.24) is 0 Å². The van der Waals surface area contributed by atoms with E-state index in [4.69, 9.17) is 4.74 Å². The maximum atomic E-state index is 12.2. The number of halogens is 2. The summed E-state index contributed by atoms with van der Waals surface area (Å²) in [6.45, 7) is 0. The van der Waals surface area contributed by atoms with Crippen LogP contribution in [0.2, 0.25) is 0 Å². The van der Waals surface area contributed by atoms with E-state index >= 15 is 0 Å². The molecule has 0 saturated carbocycles. The van der Waals surface area contributed by atoms with Crippen LogP contribution in [0.3, 0.4) is 0 Å². The molecular weight excluding hydrogens is 410 g/mol. The Morgan fingerprint density at radius 3 is 2.30 bits per heavy atom. The van der Waals surface area contributed by atoms with Gasteiger partial charge in [0.05, 0.1) is 22.2 Å². The Morgan fingerprint density at radius 1 is 1.05 bits per heavy atom. The molecule has 2 aromatic rings. The van der Waals surface area contributed by atoms with Gasteiger partial charge in [-0.25, -0.2) is 8.42 Å². The molecule has 0 aliphatic carbocycles. The number of sulfonamides is 1. The van der Waals surface area contributed by atoms with Crippen molar-refractivity contribution in [3.05, 3.63) is 51.4 Å². The van der Waals surface area contributed by atoms with Gasteiger partial charge in [-0.05, 0) is 52.3 Å². The molecule has 7 heteroatoms. The molecule has 0 aliphatic rings.